The van der Waals surface area contributed by atoms with Gasteiger partial charge in [-0.25, -0.2) is 4.79 Å². The van der Waals surface area contributed by atoms with E-state index >= 15 is 0 Å². The highest BCUT2D eigenvalue weighted by atomic mass is 35.5. The van der Waals surface area contributed by atoms with Gasteiger partial charge in [-0.1, -0.05) is 23.2 Å². The number of hydrogen-bond donors (Lipinski definition) is 2. The van der Waals surface area contributed by atoms with Crippen LogP contribution >= 0.6 is 23.2 Å². The summed E-state index contributed by atoms with van der Waals surface area (Å²) in [5.41, 5.74) is -0.0428. The van der Waals surface area contributed by atoms with Gasteiger partial charge < -0.3 is 20.0 Å². The first-order valence-corrected chi connectivity index (χ1v) is 6.99. The molecule has 0 saturated carbocycles. The predicted molar refractivity (Wildman–Crippen MR) is 81.1 cm³/mol. The molecule has 1 atom stereocenters. The summed E-state index contributed by atoms with van der Waals surface area (Å²) in [5, 5.41) is 12.1. The zero-order valence-electron chi connectivity index (χ0n) is 11.9. The fourth-order valence-corrected chi connectivity index (χ4v) is 2.11. The molecule has 7 heteroatoms. The lowest BCUT2D eigenvalue weighted by Crippen LogP contribution is -2.41. The van der Waals surface area contributed by atoms with Crippen molar-refractivity contribution in [1.82, 2.24) is 5.32 Å². The summed E-state index contributed by atoms with van der Waals surface area (Å²) in [6.07, 6.45) is 0.0942. The number of aldehydes is 1. The lowest BCUT2D eigenvalue weighted by atomic mass is 10.1. The molecule has 0 spiro atoms. The number of aromatic hydroxyl groups is 1. The molecule has 0 unspecified atom stereocenters. The Morgan fingerprint density at radius 1 is 1.38 bits per heavy atom. The first-order chi connectivity index (χ1) is 9.62. The Morgan fingerprint density at radius 3 is 2.33 bits per heavy atom. The molecule has 116 valence electrons. The molecule has 21 heavy (non-hydrogen) atoms. The number of phenolic OH excluding ortho intramolecular Hbond substituents is 1. The number of benzene rings is 1. The lowest BCUT2D eigenvalue weighted by Gasteiger charge is -2.21. The van der Waals surface area contributed by atoms with Gasteiger partial charge in [-0.05, 0) is 44.9 Å². The summed E-state index contributed by atoms with van der Waals surface area (Å²) in [6, 6.07) is 2.18. The van der Waals surface area contributed by atoms with Gasteiger partial charge in [-0.3, -0.25) is 0 Å². The first kappa shape index (κ1) is 17.6. The van der Waals surface area contributed by atoms with Crippen molar-refractivity contribution in [1.29, 1.82) is 0 Å². The van der Waals surface area contributed by atoms with Gasteiger partial charge in [0, 0.05) is 0 Å². The van der Waals surface area contributed by atoms with E-state index in [4.69, 9.17) is 27.9 Å². The third-order valence-corrected chi connectivity index (χ3v) is 2.97. The van der Waals surface area contributed by atoms with Crippen molar-refractivity contribution in [2.75, 3.05) is 0 Å². The molecule has 2 N–H and O–H groups in total. The Morgan fingerprint density at radius 2 is 1.90 bits per heavy atom. The number of hydrogen-bond acceptors (Lipinski definition) is 4. The molecule has 5 nitrogen and oxygen atoms in total. The minimum absolute atomic E-state index is 0.0828. The van der Waals surface area contributed by atoms with Gasteiger partial charge >= 0.3 is 6.09 Å². The van der Waals surface area contributed by atoms with E-state index in [2.05, 4.69) is 5.32 Å². The maximum Gasteiger partial charge on any atom is 0.408 e. The highest BCUT2D eigenvalue weighted by Crippen LogP contribution is 2.32. The second kappa shape index (κ2) is 7.00. The second-order valence-electron chi connectivity index (χ2n) is 5.50. The van der Waals surface area contributed by atoms with E-state index < -0.39 is 17.7 Å². The molecule has 0 heterocycles. The van der Waals surface area contributed by atoms with Crippen LogP contribution < -0.4 is 5.32 Å². The molecule has 0 aliphatic rings. The maximum absolute atomic E-state index is 11.6. The normalized spacial score (nSPS) is 12.6. The number of nitrogens with one attached hydrogen (secondary N) is 1. The number of ether oxygens (including phenoxy) is 1. The minimum atomic E-state index is -0.781. The molecule has 0 aliphatic carbocycles. The van der Waals surface area contributed by atoms with Crippen LogP contribution in [0.2, 0.25) is 10.0 Å². The number of halogens is 2. The monoisotopic (exact) mass is 333 g/mol. The van der Waals surface area contributed by atoms with Crippen LogP contribution in [0.1, 0.15) is 26.3 Å². The maximum atomic E-state index is 11.6. The average Bonchev–Trinajstić information content (AvgIpc) is 2.32. The number of carbonyl (C=O) groups is 2. The van der Waals surface area contributed by atoms with Crippen LogP contribution in [0.15, 0.2) is 12.1 Å². The van der Waals surface area contributed by atoms with Crippen LogP contribution in [0.5, 0.6) is 5.75 Å². The van der Waals surface area contributed by atoms with E-state index in [1.807, 2.05) is 0 Å². The van der Waals surface area contributed by atoms with E-state index in [0.29, 0.717) is 11.8 Å². The van der Waals surface area contributed by atoms with Crippen LogP contribution in [0, 0.1) is 0 Å². The molecule has 1 aromatic carbocycles. The molecular formula is C14H17Cl2NO4. The van der Waals surface area contributed by atoms with Crippen molar-refractivity contribution in [3.05, 3.63) is 27.7 Å². The van der Waals surface area contributed by atoms with Crippen LogP contribution in [0.25, 0.3) is 0 Å². The molecule has 1 rings (SSSR count). The fourth-order valence-electron chi connectivity index (χ4n) is 1.58. The van der Waals surface area contributed by atoms with Gasteiger partial charge in [0.25, 0.3) is 0 Å². The Balaban J connectivity index is 2.75. The van der Waals surface area contributed by atoms with E-state index in [-0.39, 0.29) is 22.2 Å². The van der Waals surface area contributed by atoms with Gasteiger partial charge in [0.2, 0.25) is 0 Å². The number of amides is 1. The van der Waals surface area contributed by atoms with Crippen LogP contribution in [0.4, 0.5) is 4.79 Å². The average molecular weight is 334 g/mol. The summed E-state index contributed by atoms with van der Waals surface area (Å²) < 4.78 is 5.07. The number of alkyl carbamates (subject to hydrolysis) is 1. The topological polar surface area (TPSA) is 75.6 Å². The molecular weight excluding hydrogens is 317 g/mol. The van der Waals surface area contributed by atoms with Gasteiger partial charge in [0.05, 0.1) is 16.1 Å². The Kier molecular flexibility index (Phi) is 5.87. The molecule has 0 bridgehead atoms. The number of phenols is 1. The third kappa shape index (κ3) is 5.81. The molecule has 0 radical (unpaired) electrons. The largest absolute Gasteiger partial charge is 0.505 e. The quantitative estimate of drug-likeness (QED) is 0.828. The zero-order chi connectivity index (χ0) is 16.2. The lowest BCUT2D eigenvalue weighted by molar-refractivity contribution is -0.109. The van der Waals surface area contributed by atoms with Gasteiger partial charge in [-0.2, -0.15) is 0 Å². The smallest absolute Gasteiger partial charge is 0.408 e. The molecule has 0 saturated heterocycles. The van der Waals surface area contributed by atoms with E-state index in [0.717, 1.165) is 0 Å². The zero-order valence-corrected chi connectivity index (χ0v) is 13.5. The predicted octanol–water partition coefficient (Wildman–Crippen LogP) is 3.33. The van der Waals surface area contributed by atoms with E-state index in [1.54, 1.807) is 20.8 Å². The first-order valence-electron chi connectivity index (χ1n) is 6.24. The van der Waals surface area contributed by atoms with Crippen molar-refractivity contribution in [2.45, 2.75) is 38.8 Å². The van der Waals surface area contributed by atoms with Crippen LogP contribution in [-0.4, -0.2) is 29.1 Å². The van der Waals surface area contributed by atoms with E-state index in [1.165, 1.54) is 12.1 Å². The summed E-state index contributed by atoms with van der Waals surface area (Å²) in [5.74, 6) is -0.218. The number of carbonyl (C=O) groups excluding carboxylic acids is 2. The summed E-state index contributed by atoms with van der Waals surface area (Å²) in [6.45, 7) is 5.17. The second-order valence-corrected chi connectivity index (χ2v) is 6.32. The van der Waals surface area contributed by atoms with Crippen molar-refractivity contribution in [2.24, 2.45) is 0 Å². The third-order valence-electron chi connectivity index (χ3n) is 2.40. The standard InChI is InChI=1S/C14H17Cl2NO4/c1-14(2,3)21-13(20)17-9(7-18)4-8-5-10(15)12(19)11(16)6-8/h5-7,9,19H,4H2,1-3H3,(H,17,20)/t9-/m0/s1. The van der Waals surface area contributed by atoms with Gasteiger partial charge in [-0.15, -0.1) is 0 Å². The summed E-state index contributed by atoms with van der Waals surface area (Å²) in [7, 11) is 0. The Labute approximate surface area is 133 Å². The van der Waals surface area contributed by atoms with Crippen LogP contribution in [-0.2, 0) is 16.0 Å². The summed E-state index contributed by atoms with van der Waals surface area (Å²) in [4.78, 5) is 22.7. The van der Waals surface area contributed by atoms with Crippen molar-refractivity contribution >= 4 is 35.6 Å². The van der Waals surface area contributed by atoms with E-state index in [9.17, 15) is 14.7 Å². The molecule has 1 aromatic rings. The van der Waals surface area contributed by atoms with Gasteiger partial charge in [0.1, 0.15) is 11.9 Å². The highest BCUT2D eigenvalue weighted by Gasteiger charge is 2.20. The summed E-state index contributed by atoms with van der Waals surface area (Å²) >= 11 is 11.6. The van der Waals surface area contributed by atoms with Crippen LogP contribution in [0.3, 0.4) is 0 Å². The molecule has 0 aliphatic heterocycles. The molecule has 0 aromatic heterocycles. The Hall–Kier alpha value is -1.46. The van der Waals surface area contributed by atoms with Crippen molar-refractivity contribution < 1.29 is 19.4 Å². The number of rotatable bonds is 4. The van der Waals surface area contributed by atoms with Crippen molar-refractivity contribution in [3.63, 3.8) is 0 Å². The molecule has 0 fully saturated rings. The highest BCUT2D eigenvalue weighted by molar-refractivity contribution is 6.37. The molecule has 1 amide bonds. The Bertz CT molecular complexity index is 517. The SMILES string of the molecule is CC(C)(C)OC(=O)N[C@H](C=O)Cc1cc(Cl)c(O)c(Cl)c1. The fraction of sp³-hybridized carbons (Fsp3) is 0.429. The van der Waals surface area contributed by atoms with Gasteiger partial charge in [0.15, 0.2) is 5.75 Å². The van der Waals surface area contributed by atoms with Crippen molar-refractivity contribution in [3.8, 4) is 5.75 Å². The minimum Gasteiger partial charge on any atom is -0.505 e.